The van der Waals surface area contributed by atoms with Gasteiger partial charge in [0.15, 0.2) is 0 Å². The van der Waals surface area contributed by atoms with Crippen molar-refractivity contribution in [3.8, 4) is 0 Å². The molecule has 1 aromatic carbocycles. The number of rotatable bonds is 7. The second-order valence-electron chi connectivity index (χ2n) is 6.60. The monoisotopic (exact) mass is 354 g/mol. The predicted molar refractivity (Wildman–Crippen MR) is 104 cm³/mol. The summed E-state index contributed by atoms with van der Waals surface area (Å²) in [5, 5.41) is 5.76. The Kier molecular flexibility index (Phi) is 6.86. The van der Waals surface area contributed by atoms with E-state index in [0.717, 1.165) is 29.8 Å². The molecule has 0 bridgehead atoms. The number of aryl methyl sites for hydroxylation is 2. The maximum Gasteiger partial charge on any atom is 0.257 e. The van der Waals surface area contributed by atoms with E-state index in [1.807, 2.05) is 46.1 Å². The van der Waals surface area contributed by atoms with Crippen molar-refractivity contribution in [1.82, 2.24) is 15.2 Å². The Bertz CT molecular complexity index is 767. The summed E-state index contributed by atoms with van der Waals surface area (Å²) in [7, 11) is 3.98. The highest BCUT2D eigenvalue weighted by Gasteiger charge is 2.13. The summed E-state index contributed by atoms with van der Waals surface area (Å²) in [4.78, 5) is 30.9. The zero-order valence-corrected chi connectivity index (χ0v) is 15.8. The van der Waals surface area contributed by atoms with Gasteiger partial charge in [-0.05, 0) is 58.1 Å². The molecule has 1 heterocycles. The first-order valence-corrected chi connectivity index (χ1v) is 8.64. The van der Waals surface area contributed by atoms with Gasteiger partial charge in [-0.3, -0.25) is 14.6 Å². The summed E-state index contributed by atoms with van der Waals surface area (Å²) in [5.74, 6) is -0.505. The van der Waals surface area contributed by atoms with Gasteiger partial charge in [-0.15, -0.1) is 0 Å². The molecule has 6 nitrogen and oxygen atoms in total. The molecule has 0 saturated heterocycles. The van der Waals surface area contributed by atoms with Crippen molar-refractivity contribution in [2.45, 2.75) is 20.3 Å². The van der Waals surface area contributed by atoms with Crippen LogP contribution in [0.5, 0.6) is 0 Å². The molecule has 2 amide bonds. The van der Waals surface area contributed by atoms with Crippen molar-refractivity contribution in [3.05, 3.63) is 58.9 Å². The van der Waals surface area contributed by atoms with Gasteiger partial charge in [0, 0.05) is 24.6 Å². The molecule has 0 aliphatic carbocycles. The fourth-order valence-electron chi connectivity index (χ4n) is 2.58. The Morgan fingerprint density at radius 3 is 2.27 bits per heavy atom. The Morgan fingerprint density at radius 1 is 1.04 bits per heavy atom. The van der Waals surface area contributed by atoms with Crippen molar-refractivity contribution >= 4 is 17.5 Å². The van der Waals surface area contributed by atoms with Gasteiger partial charge in [-0.1, -0.05) is 18.2 Å². The molecule has 0 atom stereocenters. The lowest BCUT2D eigenvalue weighted by Crippen LogP contribution is -2.27. The molecular formula is C20H26N4O2. The molecule has 1 aromatic heterocycles. The lowest BCUT2D eigenvalue weighted by molar-refractivity contribution is 0.0952. The van der Waals surface area contributed by atoms with E-state index in [1.165, 1.54) is 12.4 Å². The number of carbonyl (C=O) groups excluding carboxylic acids is 2. The lowest BCUT2D eigenvalue weighted by atomic mass is 10.1. The van der Waals surface area contributed by atoms with Crippen LogP contribution in [0.15, 0.2) is 36.7 Å². The van der Waals surface area contributed by atoms with E-state index >= 15 is 0 Å². The van der Waals surface area contributed by atoms with Crippen LogP contribution in [-0.4, -0.2) is 48.9 Å². The largest absolute Gasteiger partial charge is 0.352 e. The van der Waals surface area contributed by atoms with Crippen molar-refractivity contribution < 1.29 is 9.59 Å². The number of anilines is 1. The summed E-state index contributed by atoms with van der Waals surface area (Å²) in [6.45, 7) is 5.36. The Morgan fingerprint density at radius 2 is 1.65 bits per heavy atom. The topological polar surface area (TPSA) is 74.3 Å². The van der Waals surface area contributed by atoms with Gasteiger partial charge < -0.3 is 15.5 Å². The third-order valence-corrected chi connectivity index (χ3v) is 4.05. The number of nitrogens with one attached hydrogen (secondary N) is 2. The number of para-hydroxylation sites is 1. The summed E-state index contributed by atoms with van der Waals surface area (Å²) in [6, 6.07) is 7.40. The fraction of sp³-hybridized carbons (Fsp3) is 0.350. The van der Waals surface area contributed by atoms with Crippen molar-refractivity contribution in [2.75, 3.05) is 32.5 Å². The van der Waals surface area contributed by atoms with Crippen LogP contribution in [0, 0.1) is 13.8 Å². The first-order valence-electron chi connectivity index (χ1n) is 8.64. The second kappa shape index (κ2) is 9.10. The molecule has 0 aliphatic rings. The Hall–Kier alpha value is -2.73. The summed E-state index contributed by atoms with van der Waals surface area (Å²) in [6.07, 6.45) is 3.79. The highest BCUT2D eigenvalue weighted by atomic mass is 16.2. The van der Waals surface area contributed by atoms with E-state index in [0.29, 0.717) is 17.7 Å². The maximum atomic E-state index is 12.5. The second-order valence-corrected chi connectivity index (χ2v) is 6.60. The summed E-state index contributed by atoms with van der Waals surface area (Å²) in [5.41, 5.74) is 3.50. The van der Waals surface area contributed by atoms with Crippen LogP contribution in [0.3, 0.4) is 0 Å². The molecule has 0 saturated carbocycles. The third-order valence-electron chi connectivity index (χ3n) is 4.05. The van der Waals surface area contributed by atoms with Gasteiger partial charge >= 0.3 is 0 Å². The SMILES string of the molecule is Cc1cccc(C)c1NC(=O)c1cncc(C(=O)NCCCN(C)C)c1. The molecule has 0 unspecified atom stereocenters. The van der Waals surface area contributed by atoms with Crippen molar-refractivity contribution in [2.24, 2.45) is 0 Å². The summed E-state index contributed by atoms with van der Waals surface area (Å²) >= 11 is 0. The molecule has 2 N–H and O–H groups in total. The number of carbonyl (C=O) groups is 2. The highest BCUT2D eigenvalue weighted by molar-refractivity contribution is 6.06. The molecule has 0 fully saturated rings. The van der Waals surface area contributed by atoms with E-state index in [-0.39, 0.29) is 11.8 Å². The summed E-state index contributed by atoms with van der Waals surface area (Å²) < 4.78 is 0. The minimum absolute atomic E-state index is 0.224. The van der Waals surface area contributed by atoms with E-state index in [1.54, 1.807) is 6.07 Å². The van der Waals surface area contributed by atoms with Gasteiger partial charge in [-0.25, -0.2) is 0 Å². The van der Waals surface area contributed by atoms with Gasteiger partial charge in [-0.2, -0.15) is 0 Å². The molecule has 2 rings (SSSR count). The number of hydrogen-bond acceptors (Lipinski definition) is 4. The normalized spacial score (nSPS) is 10.7. The zero-order chi connectivity index (χ0) is 19.1. The minimum Gasteiger partial charge on any atom is -0.352 e. The molecule has 138 valence electrons. The molecular weight excluding hydrogens is 328 g/mol. The van der Waals surface area contributed by atoms with E-state index in [2.05, 4.69) is 20.5 Å². The van der Waals surface area contributed by atoms with Crippen molar-refractivity contribution in [3.63, 3.8) is 0 Å². The molecule has 0 spiro atoms. The van der Waals surface area contributed by atoms with E-state index < -0.39 is 0 Å². The average molecular weight is 354 g/mol. The van der Waals surface area contributed by atoms with Crippen LogP contribution < -0.4 is 10.6 Å². The first-order chi connectivity index (χ1) is 12.4. The van der Waals surface area contributed by atoms with Crippen LogP contribution in [0.4, 0.5) is 5.69 Å². The van der Waals surface area contributed by atoms with Crippen LogP contribution in [0.2, 0.25) is 0 Å². The van der Waals surface area contributed by atoms with Crippen LogP contribution >= 0.6 is 0 Å². The zero-order valence-electron chi connectivity index (χ0n) is 15.8. The highest BCUT2D eigenvalue weighted by Crippen LogP contribution is 2.20. The predicted octanol–water partition coefficient (Wildman–Crippen LogP) is 2.63. The van der Waals surface area contributed by atoms with Gasteiger partial charge in [0.05, 0.1) is 11.1 Å². The maximum absolute atomic E-state index is 12.5. The standard InChI is InChI=1S/C20H26N4O2/c1-14-7-5-8-15(2)18(14)23-20(26)17-11-16(12-21-13-17)19(25)22-9-6-10-24(3)4/h5,7-8,11-13H,6,9-10H2,1-4H3,(H,22,25)(H,23,26). The fourth-order valence-corrected chi connectivity index (χ4v) is 2.58. The number of pyridine rings is 1. The first kappa shape index (κ1) is 19.6. The lowest BCUT2D eigenvalue weighted by Gasteiger charge is -2.12. The third kappa shape index (κ3) is 5.39. The quantitative estimate of drug-likeness (QED) is 0.750. The van der Waals surface area contributed by atoms with Crippen LogP contribution in [0.1, 0.15) is 38.3 Å². The Labute approximate surface area is 154 Å². The Balaban J connectivity index is 2.03. The molecule has 6 heteroatoms. The molecule has 0 aliphatic heterocycles. The van der Waals surface area contributed by atoms with E-state index in [9.17, 15) is 9.59 Å². The number of benzene rings is 1. The molecule has 2 aromatic rings. The van der Waals surface area contributed by atoms with Crippen molar-refractivity contribution in [1.29, 1.82) is 0 Å². The molecule has 26 heavy (non-hydrogen) atoms. The van der Waals surface area contributed by atoms with Gasteiger partial charge in [0.2, 0.25) is 0 Å². The average Bonchev–Trinajstić information content (AvgIpc) is 2.61. The van der Waals surface area contributed by atoms with E-state index in [4.69, 9.17) is 0 Å². The number of hydrogen-bond donors (Lipinski definition) is 2. The molecule has 0 radical (unpaired) electrons. The van der Waals surface area contributed by atoms with Crippen LogP contribution in [-0.2, 0) is 0 Å². The van der Waals surface area contributed by atoms with Gasteiger partial charge in [0.25, 0.3) is 11.8 Å². The number of amides is 2. The van der Waals surface area contributed by atoms with Crippen LogP contribution in [0.25, 0.3) is 0 Å². The van der Waals surface area contributed by atoms with Gasteiger partial charge in [0.1, 0.15) is 0 Å². The number of nitrogens with zero attached hydrogens (tertiary/aromatic N) is 2. The number of aromatic nitrogens is 1. The minimum atomic E-state index is -0.280. The smallest absolute Gasteiger partial charge is 0.257 e.